The van der Waals surface area contributed by atoms with Crippen molar-refractivity contribution in [2.75, 3.05) is 23.5 Å². The molecule has 6 atom stereocenters. The predicted molar refractivity (Wildman–Crippen MR) is 162 cm³/mol. The highest BCUT2D eigenvalue weighted by molar-refractivity contribution is 8.48. The zero-order valence-corrected chi connectivity index (χ0v) is 17.7. The van der Waals surface area contributed by atoms with E-state index in [1.165, 1.54) is 17.8 Å². The van der Waals surface area contributed by atoms with E-state index in [1.54, 1.807) is 0 Å². The van der Waals surface area contributed by atoms with Gasteiger partial charge in [-0.25, -0.2) is 0 Å². The minimum Gasteiger partial charge on any atom is -0.162 e. The molecule has 0 rings (SSSR count). The zero-order chi connectivity index (χ0) is 15.7. The number of thiol groups is 1. The van der Waals surface area contributed by atoms with Gasteiger partial charge in [0.25, 0.3) is 0 Å². The minimum atomic E-state index is -1.45. The van der Waals surface area contributed by atoms with Crippen LogP contribution in [0.25, 0.3) is 0 Å². The molecule has 0 aromatic carbocycles. The van der Waals surface area contributed by atoms with Crippen LogP contribution in [0.5, 0.6) is 0 Å². The van der Waals surface area contributed by atoms with Crippen molar-refractivity contribution in [2.45, 2.75) is 79.7 Å². The molecule has 0 radical (unpaired) electrons. The number of hydrogen-bond acceptors (Lipinski definition) is 3. The second-order valence-corrected chi connectivity index (χ2v) is 14.4. The lowest BCUT2D eigenvalue weighted by atomic mass is 9.84. The summed E-state index contributed by atoms with van der Waals surface area (Å²) in [5.74, 6) is 3.24. The molecule has 0 fully saturated rings. The smallest absolute Gasteiger partial charge is 0.108 e. The Hall–Kier alpha value is 2.08. The first-order valence-electron chi connectivity index (χ1n) is 6.25. The molecule has 0 spiro atoms. The highest BCUT2D eigenvalue weighted by Crippen LogP contribution is 2.26. The summed E-state index contributed by atoms with van der Waals surface area (Å²) in [4.78, 5) is 0. The van der Waals surface area contributed by atoms with Gasteiger partial charge in [0, 0.05) is 11.5 Å². The number of halogens is 1. The summed E-state index contributed by atoms with van der Waals surface area (Å²) < 4.78 is 21.2. The average Bonchev–Trinajstić information content (AvgIpc) is 2.41. The van der Waals surface area contributed by atoms with E-state index in [0.29, 0.717) is 17.6 Å². The molecule has 0 aliphatic rings. The van der Waals surface area contributed by atoms with Gasteiger partial charge < -0.3 is 0 Å². The van der Waals surface area contributed by atoms with E-state index < -0.39 is 20.1 Å². The van der Waals surface area contributed by atoms with Crippen molar-refractivity contribution in [3.05, 3.63) is 0 Å². The molecule has 0 nitrogen and oxygen atoms in total. The molecule has 0 saturated heterocycles. The summed E-state index contributed by atoms with van der Waals surface area (Å²) >= 11 is 14.7. The first kappa shape index (κ1) is 51.6. The van der Waals surface area contributed by atoms with Crippen LogP contribution in [0.2, 0.25) is 0 Å². The molecule has 27 heavy (non-hydrogen) atoms. The molecule has 0 saturated carbocycles. The van der Waals surface area contributed by atoms with Gasteiger partial charge in [-0.3, -0.25) is 0 Å². The van der Waals surface area contributed by atoms with Crippen molar-refractivity contribution in [3.63, 3.8) is 0 Å². The van der Waals surface area contributed by atoms with Crippen molar-refractivity contribution in [3.8, 4) is 0 Å². The number of hydrogen-bond donors (Lipinski definition) is 1. The van der Waals surface area contributed by atoms with Crippen LogP contribution in [-0.2, 0) is 80.8 Å². The predicted octanol–water partition coefficient (Wildman–Crippen LogP) is 7.30. The average molecular weight is 546 g/mol. The summed E-state index contributed by atoms with van der Waals surface area (Å²) in [6, 6.07) is 0. The van der Waals surface area contributed by atoms with Gasteiger partial charge in [-0.1, -0.05) is 79.7 Å². The summed E-state index contributed by atoms with van der Waals surface area (Å²) in [7, 11) is 0.774. The highest BCUT2D eigenvalue weighted by Gasteiger charge is 2.26. The van der Waals surface area contributed by atoms with Crippen molar-refractivity contribution in [1.82, 2.24) is 0 Å². The van der Waals surface area contributed by atoms with Gasteiger partial charge in [-0.05, 0) is 81.1 Å². The standard InChI is InChI=1S/C10H21FS8.8CH4/c1-4-9(7-19(11)14)10(5-15-16-12)8(2)6-18(3)17-13;;;;;;;;/h8-10,15H,4-7H2,1-3H3;8*1H4/i15D;;;;;;;;. The maximum atomic E-state index is 13.3. The zero-order valence-electron chi connectivity index (χ0n) is 12.2. The van der Waals surface area contributed by atoms with Crippen LogP contribution in [-0.4, -0.2) is 24.6 Å². The summed E-state index contributed by atoms with van der Waals surface area (Å²) in [6.07, 6.45) is 3.07. The van der Waals surface area contributed by atoms with Gasteiger partial charge in [-0.2, -0.15) is 3.89 Å². The Bertz CT molecular complexity index is 447. The molecule has 180 valence electrons. The third kappa shape index (κ3) is 28.1. The molecule has 0 aromatic rings. The first-order chi connectivity index (χ1) is 9.35. The lowest BCUT2D eigenvalue weighted by Gasteiger charge is -2.30. The first-order valence-corrected chi connectivity index (χ1v) is 15.4. The van der Waals surface area contributed by atoms with E-state index in [2.05, 4.69) is 20.1 Å². The Morgan fingerprint density at radius 1 is 1.04 bits per heavy atom. The van der Waals surface area contributed by atoms with Crippen LogP contribution in [0, 0.1) is 17.8 Å². The van der Waals surface area contributed by atoms with Crippen LogP contribution >= 0.6 is 0 Å². The second kappa shape index (κ2) is 35.5. The third-order valence-corrected chi connectivity index (χ3v) is 10.8. The molecule has 0 aliphatic heterocycles. The van der Waals surface area contributed by atoms with Crippen molar-refractivity contribution in [1.29, 1.82) is 1.12 Å². The molecule has 0 amide bonds. The second-order valence-electron chi connectivity index (χ2n) is 4.43. The van der Waals surface area contributed by atoms with Crippen LogP contribution < -0.4 is 0 Å². The maximum Gasteiger partial charge on any atom is 0.108 e. The Kier molecular flexibility index (Phi) is 67.9. The largest absolute Gasteiger partial charge is 0.162 e. The van der Waals surface area contributed by atoms with Gasteiger partial charge in [-0.15, -0.1) is 19.7 Å². The summed E-state index contributed by atoms with van der Waals surface area (Å²) in [5, 5.41) is 0. The van der Waals surface area contributed by atoms with Gasteiger partial charge >= 0.3 is 0 Å². The van der Waals surface area contributed by atoms with Crippen LogP contribution in [0.3, 0.4) is 0 Å². The molecule has 6 unspecified atom stereocenters. The van der Waals surface area contributed by atoms with E-state index in [1.807, 2.05) is 0 Å². The molecule has 0 aliphatic carbocycles. The van der Waals surface area contributed by atoms with E-state index in [0.717, 1.165) is 17.9 Å². The fourth-order valence-corrected chi connectivity index (χ4v) is 7.75. The van der Waals surface area contributed by atoms with Crippen molar-refractivity contribution < 1.29 is 3.89 Å². The Balaban J connectivity index is -0.0000000645. The molecule has 0 bridgehead atoms. The maximum absolute atomic E-state index is 13.3. The van der Waals surface area contributed by atoms with Crippen molar-refractivity contribution in [2.24, 2.45) is 17.8 Å². The fourth-order valence-electron chi connectivity index (χ4n) is 2.11. The molecule has 0 N–H and O–H groups in total. The Labute approximate surface area is 205 Å². The topological polar surface area (TPSA) is 0 Å². The van der Waals surface area contributed by atoms with E-state index in [-0.39, 0.29) is 74.8 Å². The highest BCUT2D eigenvalue weighted by atomic mass is 33.1. The Morgan fingerprint density at radius 3 is 1.78 bits per heavy atom. The molecular weight excluding hydrogens is 492 g/mol. The van der Waals surface area contributed by atoms with Crippen LogP contribution in [0.4, 0.5) is 3.89 Å². The normalized spacial score (nSPS) is 15.2. The molecular formula is C18H53FS8. The van der Waals surface area contributed by atoms with E-state index in [4.69, 9.17) is 34.7 Å². The summed E-state index contributed by atoms with van der Waals surface area (Å²) in [5.41, 5.74) is 0. The Morgan fingerprint density at radius 2 is 1.48 bits per heavy atom. The van der Waals surface area contributed by atoms with Gasteiger partial charge in [0.05, 0.1) is 9.84 Å². The van der Waals surface area contributed by atoms with E-state index in [9.17, 15) is 3.89 Å². The molecule has 0 heterocycles. The van der Waals surface area contributed by atoms with Gasteiger partial charge in [0.2, 0.25) is 0 Å². The van der Waals surface area contributed by atoms with Gasteiger partial charge in [0.1, 0.15) is 1.12 Å². The molecule has 9 heteroatoms. The lowest BCUT2D eigenvalue weighted by Crippen LogP contribution is -2.30. The fraction of sp³-hybridized carbons (Fsp3) is 1.00. The van der Waals surface area contributed by atoms with Gasteiger partial charge in [0.15, 0.2) is 0 Å². The lowest BCUT2D eigenvalue weighted by molar-refractivity contribution is 0.303. The van der Waals surface area contributed by atoms with Crippen LogP contribution in [0.1, 0.15) is 79.7 Å². The van der Waals surface area contributed by atoms with Crippen molar-refractivity contribution >= 4 is 80.8 Å². The molecule has 0 aromatic heterocycles. The van der Waals surface area contributed by atoms with E-state index >= 15 is 0 Å². The minimum absolute atomic E-state index is 0. The third-order valence-electron chi connectivity index (χ3n) is 3.13. The SMILES string of the molecule is C.C.C.C.C.C.C.C.[2H]S(CC(C(C)CS(C)=S=S)C(CC)CS(F)=S)=S=S. The van der Waals surface area contributed by atoms with Crippen LogP contribution in [0.15, 0.2) is 0 Å². The number of rotatable bonds is 9. The monoisotopic (exact) mass is 545 g/mol. The summed E-state index contributed by atoms with van der Waals surface area (Å²) in [6.45, 7) is 4.29. The quantitative estimate of drug-likeness (QED) is 0.239.